The van der Waals surface area contributed by atoms with Gasteiger partial charge in [0.15, 0.2) is 0 Å². The Morgan fingerprint density at radius 2 is 2.22 bits per heavy atom. The molecule has 18 heavy (non-hydrogen) atoms. The second-order valence-corrected chi connectivity index (χ2v) is 5.63. The molecule has 2 aliphatic rings. The van der Waals surface area contributed by atoms with Crippen LogP contribution in [0.25, 0.3) is 0 Å². The first-order valence-corrected chi connectivity index (χ1v) is 6.85. The Hall–Kier alpha value is -1.51. The molecule has 96 valence electrons. The summed E-state index contributed by atoms with van der Waals surface area (Å²) >= 11 is 0. The molecule has 1 unspecified atom stereocenters. The van der Waals surface area contributed by atoms with Crippen molar-refractivity contribution in [2.75, 3.05) is 11.9 Å². The van der Waals surface area contributed by atoms with E-state index in [1.807, 2.05) is 18.2 Å². The number of hydrogen-bond acceptors (Lipinski definition) is 2. The van der Waals surface area contributed by atoms with Crippen LogP contribution in [-0.4, -0.2) is 18.5 Å². The van der Waals surface area contributed by atoms with E-state index in [0.29, 0.717) is 5.41 Å². The minimum atomic E-state index is -0.0879. The zero-order valence-corrected chi connectivity index (χ0v) is 10.8. The van der Waals surface area contributed by atoms with Gasteiger partial charge in [-0.15, -0.1) is 0 Å². The summed E-state index contributed by atoms with van der Waals surface area (Å²) in [6, 6.07) is 8.07. The SMILES string of the molecule is CCC1(CNC(=O)C2Cc3ccccc3N2)CC1. The van der Waals surface area contributed by atoms with Crippen molar-refractivity contribution in [1.82, 2.24) is 5.32 Å². The first-order chi connectivity index (χ1) is 8.72. The maximum atomic E-state index is 12.1. The number of fused-ring (bicyclic) bond motifs is 1. The Kier molecular flexibility index (Phi) is 2.77. The van der Waals surface area contributed by atoms with Gasteiger partial charge >= 0.3 is 0 Å². The van der Waals surface area contributed by atoms with Crippen LogP contribution in [0.5, 0.6) is 0 Å². The minimum Gasteiger partial charge on any atom is -0.373 e. The molecular weight excluding hydrogens is 224 g/mol. The molecule has 3 rings (SSSR count). The highest BCUT2D eigenvalue weighted by Crippen LogP contribution is 2.47. The zero-order chi connectivity index (χ0) is 12.6. The maximum absolute atomic E-state index is 12.1. The normalized spacial score (nSPS) is 23.1. The number of hydrogen-bond donors (Lipinski definition) is 2. The molecule has 0 spiro atoms. The van der Waals surface area contributed by atoms with E-state index in [0.717, 1.165) is 18.7 Å². The summed E-state index contributed by atoms with van der Waals surface area (Å²) in [5, 5.41) is 6.41. The standard InChI is InChI=1S/C15H20N2O/c1-2-15(7-8-15)10-16-14(18)13-9-11-5-3-4-6-12(11)17-13/h3-6,13,17H,2,7-10H2,1H3,(H,16,18). The maximum Gasteiger partial charge on any atom is 0.242 e. The summed E-state index contributed by atoms with van der Waals surface area (Å²) in [4.78, 5) is 12.1. The van der Waals surface area contributed by atoms with Gasteiger partial charge in [0.25, 0.3) is 0 Å². The summed E-state index contributed by atoms with van der Waals surface area (Å²) in [5.74, 6) is 0.144. The van der Waals surface area contributed by atoms with Crippen LogP contribution in [0.3, 0.4) is 0 Å². The molecule has 1 fully saturated rings. The number of carbonyl (C=O) groups excluding carboxylic acids is 1. The molecule has 2 N–H and O–H groups in total. The molecule has 1 saturated carbocycles. The van der Waals surface area contributed by atoms with E-state index in [2.05, 4.69) is 23.6 Å². The third kappa shape index (κ3) is 2.09. The molecule has 1 aliphatic carbocycles. The van der Waals surface area contributed by atoms with Gasteiger partial charge in [-0.25, -0.2) is 0 Å². The van der Waals surface area contributed by atoms with Crippen LogP contribution in [0.4, 0.5) is 5.69 Å². The lowest BCUT2D eigenvalue weighted by atomic mass is 10.0. The van der Waals surface area contributed by atoms with E-state index >= 15 is 0 Å². The number of carbonyl (C=O) groups is 1. The van der Waals surface area contributed by atoms with E-state index in [-0.39, 0.29) is 11.9 Å². The van der Waals surface area contributed by atoms with Gasteiger partial charge in [-0.05, 0) is 36.3 Å². The molecule has 1 amide bonds. The fraction of sp³-hybridized carbons (Fsp3) is 0.533. The third-order valence-electron chi connectivity index (χ3n) is 4.43. The van der Waals surface area contributed by atoms with Crippen LogP contribution in [0.1, 0.15) is 31.7 Å². The van der Waals surface area contributed by atoms with E-state index in [9.17, 15) is 4.79 Å². The van der Waals surface area contributed by atoms with Crippen LogP contribution < -0.4 is 10.6 Å². The Morgan fingerprint density at radius 3 is 2.89 bits per heavy atom. The molecule has 0 bridgehead atoms. The van der Waals surface area contributed by atoms with Crippen LogP contribution >= 0.6 is 0 Å². The number of nitrogens with one attached hydrogen (secondary N) is 2. The molecule has 0 radical (unpaired) electrons. The molecule has 1 atom stereocenters. The fourth-order valence-electron chi connectivity index (χ4n) is 2.69. The van der Waals surface area contributed by atoms with E-state index < -0.39 is 0 Å². The van der Waals surface area contributed by atoms with E-state index in [1.165, 1.54) is 24.8 Å². The van der Waals surface area contributed by atoms with Crippen molar-refractivity contribution in [2.45, 2.75) is 38.6 Å². The molecule has 0 aromatic heterocycles. The van der Waals surface area contributed by atoms with Gasteiger partial charge in [0.2, 0.25) is 5.91 Å². The smallest absolute Gasteiger partial charge is 0.242 e. The number of benzene rings is 1. The van der Waals surface area contributed by atoms with Crippen molar-refractivity contribution in [3.05, 3.63) is 29.8 Å². The highest BCUT2D eigenvalue weighted by Gasteiger charge is 2.41. The van der Waals surface area contributed by atoms with Crippen LogP contribution in [0.2, 0.25) is 0 Å². The van der Waals surface area contributed by atoms with Crippen molar-refractivity contribution in [3.63, 3.8) is 0 Å². The molecule has 1 aromatic carbocycles. The average molecular weight is 244 g/mol. The summed E-state index contributed by atoms with van der Waals surface area (Å²) in [6.45, 7) is 3.06. The number of amides is 1. The van der Waals surface area contributed by atoms with Crippen LogP contribution in [0.15, 0.2) is 24.3 Å². The average Bonchev–Trinajstić information content (AvgIpc) is 3.05. The Bertz CT molecular complexity index is 440. The molecular formula is C15H20N2O. The highest BCUT2D eigenvalue weighted by atomic mass is 16.2. The predicted octanol–water partition coefficient (Wildman–Crippen LogP) is 2.33. The molecule has 1 heterocycles. The Balaban J connectivity index is 1.56. The van der Waals surface area contributed by atoms with Crippen molar-refractivity contribution in [2.24, 2.45) is 5.41 Å². The second-order valence-electron chi connectivity index (χ2n) is 5.63. The molecule has 3 heteroatoms. The van der Waals surface area contributed by atoms with Gasteiger partial charge in [-0.3, -0.25) is 4.79 Å². The second kappa shape index (κ2) is 4.30. The van der Waals surface area contributed by atoms with Gasteiger partial charge < -0.3 is 10.6 Å². The summed E-state index contributed by atoms with van der Waals surface area (Å²) in [7, 11) is 0. The molecule has 1 aliphatic heterocycles. The molecule has 1 aromatic rings. The van der Waals surface area contributed by atoms with Crippen molar-refractivity contribution >= 4 is 11.6 Å². The Labute approximate surface area is 108 Å². The summed E-state index contributed by atoms with van der Waals surface area (Å²) in [5.41, 5.74) is 2.77. The molecule has 3 nitrogen and oxygen atoms in total. The van der Waals surface area contributed by atoms with E-state index in [1.54, 1.807) is 0 Å². The number of para-hydroxylation sites is 1. The topological polar surface area (TPSA) is 41.1 Å². The quantitative estimate of drug-likeness (QED) is 0.853. The monoisotopic (exact) mass is 244 g/mol. The van der Waals surface area contributed by atoms with Crippen molar-refractivity contribution in [3.8, 4) is 0 Å². The fourth-order valence-corrected chi connectivity index (χ4v) is 2.69. The lowest BCUT2D eigenvalue weighted by molar-refractivity contribution is -0.122. The third-order valence-corrected chi connectivity index (χ3v) is 4.43. The van der Waals surface area contributed by atoms with Crippen molar-refractivity contribution < 1.29 is 4.79 Å². The van der Waals surface area contributed by atoms with E-state index in [4.69, 9.17) is 0 Å². The summed E-state index contributed by atoms with van der Waals surface area (Å²) in [6.07, 6.45) is 4.51. The zero-order valence-electron chi connectivity index (χ0n) is 10.8. The van der Waals surface area contributed by atoms with Crippen LogP contribution in [0, 0.1) is 5.41 Å². The first kappa shape index (κ1) is 11.6. The summed E-state index contributed by atoms with van der Waals surface area (Å²) < 4.78 is 0. The number of rotatable bonds is 4. The minimum absolute atomic E-state index is 0.0879. The van der Waals surface area contributed by atoms with Gasteiger partial charge in [0, 0.05) is 18.7 Å². The number of anilines is 1. The highest BCUT2D eigenvalue weighted by molar-refractivity contribution is 5.87. The Morgan fingerprint density at radius 1 is 1.44 bits per heavy atom. The van der Waals surface area contributed by atoms with Gasteiger partial charge in [-0.1, -0.05) is 25.1 Å². The lowest BCUT2D eigenvalue weighted by Gasteiger charge is -2.16. The van der Waals surface area contributed by atoms with Gasteiger partial charge in [-0.2, -0.15) is 0 Å². The predicted molar refractivity (Wildman–Crippen MR) is 72.5 cm³/mol. The first-order valence-electron chi connectivity index (χ1n) is 6.85. The molecule has 0 saturated heterocycles. The van der Waals surface area contributed by atoms with Crippen LogP contribution in [-0.2, 0) is 11.2 Å². The largest absolute Gasteiger partial charge is 0.373 e. The van der Waals surface area contributed by atoms with Crippen molar-refractivity contribution in [1.29, 1.82) is 0 Å². The van der Waals surface area contributed by atoms with Gasteiger partial charge in [0.05, 0.1) is 0 Å². The lowest BCUT2D eigenvalue weighted by Crippen LogP contribution is -2.41. The van der Waals surface area contributed by atoms with Gasteiger partial charge in [0.1, 0.15) is 6.04 Å².